The standard InChI is InChI=1S/C22H37N5O2/c1-5-23-21(27(4)13-10-18-11-14-29-15-12-18)24-16-19-6-8-20(9-7-19)26-22(28)25-17(2)3/h6-9,17-18H,5,10-16H2,1-4H3,(H,23,24)(H2,25,26,28). The van der Waals surface area contributed by atoms with E-state index >= 15 is 0 Å². The molecule has 2 amide bonds. The van der Waals surface area contributed by atoms with Crippen molar-refractivity contribution in [2.45, 2.75) is 52.6 Å². The number of rotatable bonds is 8. The molecule has 1 aromatic carbocycles. The molecule has 0 bridgehead atoms. The zero-order chi connectivity index (χ0) is 21.1. The lowest BCUT2D eigenvalue weighted by atomic mass is 9.96. The number of aliphatic imine (C=N–C) groups is 1. The molecule has 0 radical (unpaired) electrons. The number of anilines is 1. The first kappa shape index (κ1) is 23.0. The minimum absolute atomic E-state index is 0.108. The number of guanidine groups is 1. The van der Waals surface area contributed by atoms with E-state index in [0.29, 0.717) is 6.54 Å². The molecule has 0 atom stereocenters. The Bertz CT molecular complexity index is 639. The second-order valence-corrected chi connectivity index (χ2v) is 7.89. The predicted molar refractivity (Wildman–Crippen MR) is 119 cm³/mol. The van der Waals surface area contributed by atoms with Crippen molar-refractivity contribution < 1.29 is 9.53 Å². The van der Waals surface area contributed by atoms with Crippen molar-refractivity contribution in [3.05, 3.63) is 29.8 Å². The average Bonchev–Trinajstić information content (AvgIpc) is 2.70. The van der Waals surface area contributed by atoms with Crippen LogP contribution in [0.15, 0.2) is 29.3 Å². The summed E-state index contributed by atoms with van der Waals surface area (Å²) in [5, 5.41) is 9.03. The SMILES string of the molecule is CCNC(=NCc1ccc(NC(=O)NC(C)C)cc1)N(C)CCC1CCOCC1. The highest BCUT2D eigenvalue weighted by Crippen LogP contribution is 2.18. The molecule has 1 aromatic rings. The van der Waals surface area contributed by atoms with Crippen LogP contribution in [-0.4, -0.2) is 56.3 Å². The molecule has 1 saturated heterocycles. The molecule has 1 fully saturated rings. The van der Waals surface area contributed by atoms with E-state index in [-0.39, 0.29) is 12.1 Å². The third kappa shape index (κ3) is 8.73. The van der Waals surface area contributed by atoms with Gasteiger partial charge in [-0.3, -0.25) is 0 Å². The van der Waals surface area contributed by atoms with Crippen LogP contribution in [0.5, 0.6) is 0 Å². The molecule has 1 heterocycles. The maximum absolute atomic E-state index is 11.8. The number of ether oxygens (including phenoxy) is 1. The van der Waals surface area contributed by atoms with E-state index in [1.54, 1.807) is 0 Å². The number of nitrogens with one attached hydrogen (secondary N) is 3. The molecular formula is C22H37N5O2. The van der Waals surface area contributed by atoms with E-state index in [4.69, 9.17) is 9.73 Å². The van der Waals surface area contributed by atoms with Crippen LogP contribution in [0.3, 0.4) is 0 Å². The number of carbonyl (C=O) groups is 1. The first-order valence-corrected chi connectivity index (χ1v) is 10.7. The van der Waals surface area contributed by atoms with Crippen LogP contribution < -0.4 is 16.0 Å². The summed E-state index contributed by atoms with van der Waals surface area (Å²) in [6, 6.07) is 7.74. The molecule has 0 saturated carbocycles. The number of carbonyl (C=O) groups excluding carboxylic acids is 1. The van der Waals surface area contributed by atoms with E-state index in [0.717, 1.165) is 62.3 Å². The third-order valence-corrected chi connectivity index (χ3v) is 4.95. The lowest BCUT2D eigenvalue weighted by molar-refractivity contribution is 0.0625. The van der Waals surface area contributed by atoms with Gasteiger partial charge in [-0.1, -0.05) is 12.1 Å². The van der Waals surface area contributed by atoms with Gasteiger partial charge in [0.2, 0.25) is 0 Å². The predicted octanol–water partition coefficient (Wildman–Crippen LogP) is 3.43. The molecule has 162 valence electrons. The minimum Gasteiger partial charge on any atom is -0.381 e. The van der Waals surface area contributed by atoms with E-state index in [2.05, 4.69) is 34.8 Å². The first-order valence-electron chi connectivity index (χ1n) is 10.7. The van der Waals surface area contributed by atoms with Gasteiger partial charge < -0.3 is 25.6 Å². The van der Waals surface area contributed by atoms with Crippen LogP contribution in [0.25, 0.3) is 0 Å². The Balaban J connectivity index is 1.86. The quantitative estimate of drug-likeness (QED) is 0.459. The Labute approximate surface area is 175 Å². The van der Waals surface area contributed by atoms with Gasteiger partial charge in [-0.15, -0.1) is 0 Å². The van der Waals surface area contributed by atoms with Gasteiger partial charge in [0.05, 0.1) is 6.54 Å². The van der Waals surface area contributed by atoms with Crippen LogP contribution in [-0.2, 0) is 11.3 Å². The summed E-state index contributed by atoms with van der Waals surface area (Å²) < 4.78 is 5.45. The maximum Gasteiger partial charge on any atom is 0.319 e. The summed E-state index contributed by atoms with van der Waals surface area (Å²) in [5.41, 5.74) is 1.88. The summed E-state index contributed by atoms with van der Waals surface area (Å²) in [6.07, 6.45) is 3.50. The van der Waals surface area contributed by atoms with Gasteiger partial charge >= 0.3 is 6.03 Å². The van der Waals surface area contributed by atoms with Crippen LogP contribution in [0, 0.1) is 5.92 Å². The third-order valence-electron chi connectivity index (χ3n) is 4.95. The Morgan fingerprint density at radius 3 is 2.55 bits per heavy atom. The number of nitrogens with zero attached hydrogens (tertiary/aromatic N) is 2. The summed E-state index contributed by atoms with van der Waals surface area (Å²) in [4.78, 5) is 18.8. The smallest absolute Gasteiger partial charge is 0.319 e. The van der Waals surface area contributed by atoms with Gasteiger partial charge in [-0.25, -0.2) is 9.79 Å². The lowest BCUT2D eigenvalue weighted by Crippen LogP contribution is -2.40. The Kier molecular flexibility index (Phi) is 9.77. The molecule has 0 aliphatic carbocycles. The van der Waals surface area contributed by atoms with Crippen LogP contribution >= 0.6 is 0 Å². The Morgan fingerprint density at radius 1 is 1.24 bits per heavy atom. The van der Waals surface area contributed by atoms with Crippen LogP contribution in [0.2, 0.25) is 0 Å². The molecule has 0 aromatic heterocycles. The summed E-state index contributed by atoms with van der Waals surface area (Å²) in [6.45, 7) is 10.2. The van der Waals surface area contributed by atoms with Crippen LogP contribution in [0.4, 0.5) is 10.5 Å². The van der Waals surface area contributed by atoms with Gasteiger partial charge in [-0.05, 0) is 63.6 Å². The Hall–Kier alpha value is -2.28. The average molecular weight is 404 g/mol. The van der Waals surface area contributed by atoms with E-state index in [1.165, 1.54) is 6.42 Å². The fourth-order valence-corrected chi connectivity index (χ4v) is 3.28. The van der Waals surface area contributed by atoms with Gasteiger partial charge in [0.25, 0.3) is 0 Å². The number of amides is 2. The number of hydrogen-bond acceptors (Lipinski definition) is 3. The van der Waals surface area contributed by atoms with Crippen molar-refractivity contribution in [1.29, 1.82) is 0 Å². The fraction of sp³-hybridized carbons (Fsp3) is 0.636. The number of hydrogen-bond donors (Lipinski definition) is 3. The lowest BCUT2D eigenvalue weighted by Gasteiger charge is -2.26. The van der Waals surface area contributed by atoms with Gasteiger partial charge in [0, 0.05) is 45.1 Å². The molecule has 2 rings (SSSR count). The van der Waals surface area contributed by atoms with Crippen molar-refractivity contribution in [3.63, 3.8) is 0 Å². The van der Waals surface area contributed by atoms with Crippen molar-refractivity contribution >= 4 is 17.7 Å². The van der Waals surface area contributed by atoms with Crippen molar-refractivity contribution in [2.75, 3.05) is 38.7 Å². The zero-order valence-electron chi connectivity index (χ0n) is 18.3. The highest BCUT2D eigenvalue weighted by atomic mass is 16.5. The summed E-state index contributed by atoms with van der Waals surface area (Å²) in [7, 11) is 2.10. The normalized spacial score (nSPS) is 15.3. The molecule has 1 aliphatic rings. The summed E-state index contributed by atoms with van der Waals surface area (Å²) in [5.74, 6) is 1.68. The maximum atomic E-state index is 11.8. The minimum atomic E-state index is -0.189. The second kappa shape index (κ2) is 12.3. The highest BCUT2D eigenvalue weighted by molar-refractivity contribution is 5.89. The topological polar surface area (TPSA) is 78.0 Å². The molecule has 1 aliphatic heterocycles. The Morgan fingerprint density at radius 2 is 1.93 bits per heavy atom. The van der Waals surface area contributed by atoms with Gasteiger partial charge in [-0.2, -0.15) is 0 Å². The van der Waals surface area contributed by atoms with Crippen molar-refractivity contribution in [2.24, 2.45) is 10.9 Å². The van der Waals surface area contributed by atoms with Crippen LogP contribution in [0.1, 0.15) is 45.6 Å². The van der Waals surface area contributed by atoms with E-state index in [1.807, 2.05) is 38.1 Å². The monoisotopic (exact) mass is 403 g/mol. The molecule has 0 spiro atoms. The molecular weight excluding hydrogens is 366 g/mol. The molecule has 3 N–H and O–H groups in total. The fourth-order valence-electron chi connectivity index (χ4n) is 3.28. The van der Waals surface area contributed by atoms with Crippen molar-refractivity contribution in [3.8, 4) is 0 Å². The molecule has 7 nitrogen and oxygen atoms in total. The van der Waals surface area contributed by atoms with Crippen molar-refractivity contribution in [1.82, 2.24) is 15.5 Å². The molecule has 29 heavy (non-hydrogen) atoms. The first-order chi connectivity index (χ1) is 14.0. The van der Waals surface area contributed by atoms with Gasteiger partial charge in [0.1, 0.15) is 0 Å². The van der Waals surface area contributed by atoms with Gasteiger partial charge in [0.15, 0.2) is 5.96 Å². The zero-order valence-corrected chi connectivity index (χ0v) is 18.3. The second-order valence-electron chi connectivity index (χ2n) is 7.89. The molecule has 0 unspecified atom stereocenters. The summed E-state index contributed by atoms with van der Waals surface area (Å²) >= 11 is 0. The van der Waals surface area contributed by atoms with E-state index < -0.39 is 0 Å². The highest BCUT2D eigenvalue weighted by Gasteiger charge is 2.15. The molecule has 7 heteroatoms. The largest absolute Gasteiger partial charge is 0.381 e. The van der Waals surface area contributed by atoms with E-state index in [9.17, 15) is 4.79 Å². The number of urea groups is 1. The number of benzene rings is 1.